The summed E-state index contributed by atoms with van der Waals surface area (Å²) < 4.78 is 0. The molecule has 0 aromatic carbocycles. The molecule has 6 heteroatoms. The van der Waals surface area contributed by atoms with Crippen LogP contribution in [0, 0.1) is 0 Å². The van der Waals surface area contributed by atoms with E-state index < -0.39 is 0 Å². The van der Waals surface area contributed by atoms with E-state index in [4.69, 9.17) is 4.79 Å². The normalized spacial score (nSPS) is 5.85. The minimum absolute atomic E-state index is 0. The van der Waals surface area contributed by atoms with Crippen LogP contribution in [0.2, 0.25) is 0 Å². The predicted molar refractivity (Wildman–Crippen MR) is 59.3 cm³/mol. The molecule has 89 valence electrons. The zero-order valence-corrected chi connectivity index (χ0v) is 15.1. The Hall–Kier alpha value is 1.76. The van der Waals surface area contributed by atoms with Gasteiger partial charge in [0.1, 0.15) is 6.79 Å². The third-order valence-corrected chi connectivity index (χ3v) is 0. The van der Waals surface area contributed by atoms with Gasteiger partial charge in [0, 0.05) is 60.1 Å². The van der Waals surface area contributed by atoms with E-state index in [1.54, 1.807) is 0 Å². The van der Waals surface area contributed by atoms with E-state index in [9.17, 15) is 0 Å². The van der Waals surface area contributed by atoms with E-state index in [-0.39, 0.29) is 60.8 Å². The molecule has 0 N–H and O–H groups in total. The molecule has 0 aliphatic rings. The molecule has 0 aliphatic heterocycles. The van der Waals surface area contributed by atoms with Gasteiger partial charge in [0.15, 0.2) is 0 Å². The van der Waals surface area contributed by atoms with Gasteiger partial charge >= 0.3 is 0 Å². The molecule has 0 aliphatic carbocycles. The van der Waals surface area contributed by atoms with E-state index in [1.165, 1.54) is 0 Å². The fraction of sp³-hybridized carbons (Fsp3) is 0.857. The van der Waals surface area contributed by atoms with Crippen molar-refractivity contribution in [3.05, 3.63) is 0 Å². The van der Waals surface area contributed by atoms with Crippen LogP contribution in [-0.4, -0.2) is 46.8 Å². The van der Waals surface area contributed by atoms with E-state index in [2.05, 4.69) is 40.0 Å². The van der Waals surface area contributed by atoms with Crippen LogP contribution in [-0.2, 0) is 24.9 Å². The Balaban J connectivity index is -0.0000000133. The van der Waals surface area contributed by atoms with Crippen molar-refractivity contribution in [3.63, 3.8) is 0 Å². The van der Waals surface area contributed by atoms with Crippen molar-refractivity contribution in [2.75, 3.05) is 40.0 Å². The summed E-state index contributed by atoms with van der Waals surface area (Å²) in [5.74, 6) is 0. The summed E-state index contributed by atoms with van der Waals surface area (Å²) in [6.07, 6.45) is 0. The fourth-order valence-electron chi connectivity index (χ4n) is 0. The largest absolute Gasteiger partial charge is 1.00 e. The van der Waals surface area contributed by atoms with Crippen molar-refractivity contribution in [1.29, 1.82) is 0 Å². The van der Waals surface area contributed by atoms with Crippen molar-refractivity contribution in [2.24, 2.45) is 0 Å². The van der Waals surface area contributed by atoms with Gasteiger partial charge in [0.2, 0.25) is 0 Å². The monoisotopic (exact) mass is 447 g/mol. The Morgan fingerprint density at radius 1 is 0.692 bits per heavy atom. The van der Waals surface area contributed by atoms with Crippen molar-refractivity contribution >= 4 is 22.6 Å². The maximum atomic E-state index is 8.00. The van der Waals surface area contributed by atoms with Gasteiger partial charge in [-0.2, -0.15) is 0 Å². The molecule has 0 unspecified atom stereocenters. The van der Waals surface area contributed by atoms with Gasteiger partial charge in [-0.15, -0.1) is 0 Å². The maximum Gasteiger partial charge on any atom is 0.106 e. The van der Waals surface area contributed by atoms with Gasteiger partial charge in [0.25, 0.3) is 0 Å². The Bertz CT molecular complexity index is 48.2. The van der Waals surface area contributed by atoms with Crippen LogP contribution in [0.3, 0.4) is 0 Å². The van der Waals surface area contributed by atoms with E-state index >= 15 is 0 Å². The molecule has 0 spiro atoms. The number of hydrogen-bond acceptors (Lipinski definition) is 1. The third kappa shape index (κ3) is 615. The number of hydrogen-bond donors (Lipinski definition) is 0. The first-order valence-electron chi connectivity index (χ1n) is 3.29. The van der Waals surface area contributed by atoms with E-state index in [0.29, 0.717) is 0 Å². The van der Waals surface area contributed by atoms with Crippen LogP contribution in [0.4, 0.5) is 0 Å². The summed E-state index contributed by atoms with van der Waals surface area (Å²) in [6, 6.07) is 0. The maximum absolute atomic E-state index is 8.00. The van der Waals surface area contributed by atoms with Crippen LogP contribution >= 0.6 is 15.8 Å². The van der Waals surface area contributed by atoms with Gasteiger partial charge in [-0.25, -0.2) is 0 Å². The second kappa shape index (κ2) is 37.2. The topological polar surface area (TPSA) is 17.1 Å². The predicted octanol–water partition coefficient (Wildman–Crippen LogP) is -4.00. The van der Waals surface area contributed by atoms with Crippen molar-refractivity contribution in [2.45, 2.75) is 0 Å². The third-order valence-electron chi connectivity index (χ3n) is 0. The molecule has 0 aromatic rings. The SMILES string of the molecule is C=O.C[PH+](C)C.C[PH+](C)C.[Cl-].[Cl-].[Ir]. The standard InChI is InChI=1S/2C3H9P.CH2O.2ClH.Ir/c2*1-4(2)3;1-2;;;/h2*1-3H3;1H2;2*1H;. The molecular weight excluding hydrogens is 425 g/mol. The molecule has 0 atom stereocenters. The molecule has 0 amide bonds. The molecule has 0 rings (SSSR count). The van der Waals surface area contributed by atoms with Gasteiger partial charge in [-0.05, 0) is 15.8 Å². The summed E-state index contributed by atoms with van der Waals surface area (Å²) in [7, 11) is 0.241. The summed E-state index contributed by atoms with van der Waals surface area (Å²) >= 11 is 0. The zero-order valence-electron chi connectivity index (χ0n) is 9.20. The first-order chi connectivity index (χ1) is 4.46. The number of carbonyl (C=O) groups excluding carboxylic acids is 1. The second-order valence-electron chi connectivity index (χ2n) is 3.00. The van der Waals surface area contributed by atoms with Gasteiger partial charge in [-0.1, -0.05) is 0 Å². The minimum atomic E-state index is 0. The van der Waals surface area contributed by atoms with Gasteiger partial charge in [0.05, 0.1) is 0 Å². The average molecular weight is 447 g/mol. The van der Waals surface area contributed by atoms with E-state index in [1.807, 2.05) is 6.79 Å². The van der Waals surface area contributed by atoms with Crippen LogP contribution < -0.4 is 24.8 Å². The Morgan fingerprint density at radius 2 is 0.692 bits per heavy atom. The number of carbonyl (C=O) groups is 1. The van der Waals surface area contributed by atoms with Crippen molar-refractivity contribution in [1.82, 2.24) is 0 Å². The second-order valence-corrected chi connectivity index (χ2v) is 9.00. The Labute approximate surface area is 112 Å². The summed E-state index contributed by atoms with van der Waals surface area (Å²) in [6.45, 7) is 15.6. The van der Waals surface area contributed by atoms with Crippen molar-refractivity contribution < 1.29 is 49.7 Å². The van der Waals surface area contributed by atoms with Crippen LogP contribution in [0.5, 0.6) is 0 Å². The molecule has 1 radical (unpaired) electrons. The zero-order chi connectivity index (χ0) is 9.15. The molecule has 0 heterocycles. The van der Waals surface area contributed by atoms with Crippen LogP contribution in [0.15, 0.2) is 0 Å². The van der Waals surface area contributed by atoms with Crippen molar-refractivity contribution in [3.8, 4) is 0 Å². The first kappa shape index (κ1) is 36.4. The number of halogens is 2. The summed E-state index contributed by atoms with van der Waals surface area (Å²) in [5.41, 5.74) is 0. The molecule has 13 heavy (non-hydrogen) atoms. The molecule has 1 nitrogen and oxygen atoms in total. The minimum Gasteiger partial charge on any atom is -1.00 e. The number of rotatable bonds is 0. The molecular formula is C7H22Cl2IrOP2. The van der Waals surface area contributed by atoms with Crippen LogP contribution in [0.1, 0.15) is 0 Å². The fourth-order valence-corrected chi connectivity index (χ4v) is 0. The quantitative estimate of drug-likeness (QED) is 0.346. The molecule has 0 bridgehead atoms. The smallest absolute Gasteiger partial charge is 0.106 e. The summed E-state index contributed by atoms with van der Waals surface area (Å²) in [5, 5.41) is 0. The Kier molecular flexibility index (Phi) is 104. The molecule has 0 fully saturated rings. The van der Waals surface area contributed by atoms with E-state index in [0.717, 1.165) is 0 Å². The molecule has 0 saturated heterocycles. The first-order valence-corrected chi connectivity index (χ1v) is 9.29. The van der Waals surface area contributed by atoms with Gasteiger partial charge in [-0.3, -0.25) is 0 Å². The average Bonchev–Trinajstić information content (AvgIpc) is 1.66. The molecule has 0 aromatic heterocycles. The van der Waals surface area contributed by atoms with Crippen LogP contribution in [0.25, 0.3) is 0 Å². The molecule has 0 saturated carbocycles. The summed E-state index contributed by atoms with van der Waals surface area (Å²) in [4.78, 5) is 8.00. The Morgan fingerprint density at radius 3 is 0.692 bits per heavy atom. The van der Waals surface area contributed by atoms with Gasteiger partial charge < -0.3 is 29.6 Å².